The number of unbranched alkanes of at least 4 members (excludes halogenated alkanes) is 4. The first-order valence-corrected chi connectivity index (χ1v) is 45.6. The quantitative estimate of drug-likeness (QED) is 0.0233. The molecule has 0 saturated heterocycles. The monoisotopic (exact) mass is 2080 g/mol. The van der Waals surface area contributed by atoms with Gasteiger partial charge in [-0.2, -0.15) is 39.1 Å². The third kappa shape index (κ3) is 46.3. The van der Waals surface area contributed by atoms with Crippen LogP contribution in [0, 0.1) is 6.92 Å². The van der Waals surface area contributed by atoms with Crippen LogP contribution in [0.5, 0.6) is 0 Å². The van der Waals surface area contributed by atoms with Gasteiger partial charge in [0.15, 0.2) is 0 Å². The number of carbonyl (C=O) groups excluding carboxylic acids is 6. The number of carbonyl (C=O) groups is 1. The molecule has 139 heavy (non-hydrogen) atoms. The molecule has 8 heterocycles. The Morgan fingerprint density at radius 3 is 0.856 bits per heavy atom. The summed E-state index contributed by atoms with van der Waals surface area (Å²) in [5.41, 5.74) is 30.1. The van der Waals surface area contributed by atoms with Crippen molar-refractivity contribution in [1.82, 2.24) is 44.8 Å². The van der Waals surface area contributed by atoms with Crippen molar-refractivity contribution in [3.63, 3.8) is 0 Å². The topological polar surface area (TPSA) is 310 Å². The van der Waals surface area contributed by atoms with E-state index in [1.807, 2.05) is 111 Å². The Hall–Kier alpha value is -13.7. The van der Waals surface area contributed by atoms with Crippen LogP contribution in [0.25, 0.3) is 103 Å². The van der Waals surface area contributed by atoms with Crippen molar-refractivity contribution in [3.8, 4) is 45.6 Å². The van der Waals surface area contributed by atoms with Crippen molar-refractivity contribution >= 4 is 140 Å². The predicted molar refractivity (Wildman–Crippen MR) is 569 cm³/mol. The number of aromatic nitrogens is 8. The van der Waals surface area contributed by atoms with Gasteiger partial charge in [0.05, 0.1) is 74.8 Å². The molecule has 0 fully saturated rings. The van der Waals surface area contributed by atoms with Crippen molar-refractivity contribution in [2.45, 2.75) is 114 Å². The molecule has 729 valence electrons. The van der Waals surface area contributed by atoms with E-state index in [-0.39, 0.29) is 64.0 Å². The summed E-state index contributed by atoms with van der Waals surface area (Å²) in [4.78, 5) is 109. The van der Waals surface area contributed by atoms with E-state index in [0.29, 0.717) is 0 Å². The minimum atomic E-state index is -0.787. The Morgan fingerprint density at radius 2 is 0.597 bits per heavy atom. The van der Waals surface area contributed by atoms with E-state index < -0.39 is 5.97 Å². The van der Waals surface area contributed by atoms with Gasteiger partial charge in [0.1, 0.15) is 0 Å². The van der Waals surface area contributed by atoms with Gasteiger partial charge in [0.2, 0.25) is 0 Å². The Labute approximate surface area is 858 Å². The molecule has 29 heteroatoms. The fourth-order valence-electron chi connectivity index (χ4n) is 13.5. The van der Waals surface area contributed by atoms with Crippen molar-refractivity contribution < 1.29 is 77.6 Å². The number of benzene rings is 4. The molecule has 0 unspecified atom stereocenters. The number of aryl methyl sites for hydroxylation is 1. The van der Waals surface area contributed by atoms with E-state index in [1.54, 1.807) is 43.8 Å². The predicted octanol–water partition coefficient (Wildman–Crippen LogP) is 23.4. The van der Waals surface area contributed by atoms with Crippen LogP contribution in [-0.2, 0) is 72.5 Å². The summed E-state index contributed by atoms with van der Waals surface area (Å²) in [6.07, 6.45) is 33.7. The van der Waals surface area contributed by atoms with E-state index in [4.69, 9.17) is 54.7 Å². The summed E-state index contributed by atoms with van der Waals surface area (Å²) in [6, 6.07) is 69.6. The van der Waals surface area contributed by atoms with Crippen LogP contribution in [0.3, 0.4) is 0 Å². The molecule has 4 aromatic carbocycles. The van der Waals surface area contributed by atoms with Gasteiger partial charge in [-0.3, -0.25) is 49.6 Å². The number of aliphatic carboxylic acids is 1. The van der Waals surface area contributed by atoms with Crippen LogP contribution in [0.15, 0.2) is 250 Å². The van der Waals surface area contributed by atoms with Crippen LogP contribution >= 0.6 is 24.4 Å². The average Bonchev–Trinajstić information content (AvgIpc) is 0.811. The number of carboxylic acids is 1. The van der Waals surface area contributed by atoms with E-state index in [2.05, 4.69) is 341 Å². The van der Waals surface area contributed by atoms with Gasteiger partial charge in [-0.1, -0.05) is 157 Å². The fourth-order valence-corrected chi connectivity index (χ4v) is 13.5. The van der Waals surface area contributed by atoms with Crippen LogP contribution < -0.4 is 29.4 Å². The molecule has 0 spiro atoms. The number of carboxylic acid groups (broad SMARTS) is 1. The Morgan fingerprint density at radius 1 is 0.338 bits per heavy atom. The molecule has 0 bridgehead atoms. The Bertz CT molecular complexity index is 5540. The zero-order chi connectivity index (χ0) is 101. The van der Waals surface area contributed by atoms with E-state index in [0.717, 1.165) is 94.0 Å². The SMILES string of the molecule is CCCCN(CCCC)c1ccc(/C(C)=C(\C)c2ccnc(-c3cc(/C(C)=C(\C)c4ccc(N(CCCC)CCCC)cc4)ccn3)c2)cc1.CN(C)CC(=O)O.CN(C)c1ccc(/C=C/c2ccnc(-c3cc(/C=C/c4ccc(N(C)C)c(N(C)C)c4)ccn3)c2)cc1N(C)C.Cc1ccnc(-c2ccccn2)c1.O=C=O.O=C=O.O=C=O.[N-]=C=S.[N-]=C=S.[Ru+2].[Ru+].c1ccc(-c2ccccn2)nc1. The number of isothiocyanates is 2. The molecule has 0 amide bonds. The smallest absolute Gasteiger partial charge is 0.753 e. The average molecular weight is 2080 g/mol. The van der Waals surface area contributed by atoms with E-state index >= 15 is 0 Å². The second kappa shape index (κ2) is 71.7. The van der Waals surface area contributed by atoms with Crippen molar-refractivity contribution in [2.75, 3.05) is 133 Å². The summed E-state index contributed by atoms with van der Waals surface area (Å²) in [6.45, 7) is 24.6. The van der Waals surface area contributed by atoms with Crippen LogP contribution in [0.4, 0.5) is 34.1 Å². The summed E-state index contributed by atoms with van der Waals surface area (Å²) >= 11 is 7.40. The van der Waals surface area contributed by atoms with Crippen LogP contribution in [-0.4, -0.2) is 188 Å². The molecule has 0 aliphatic carbocycles. The molecule has 1 N–H and O–H groups in total. The molecule has 12 aromatic rings. The molecular weight excluding hydrogens is 1950 g/mol. The first-order chi connectivity index (χ1) is 65.9. The molecular formula is C110H129N17O8Ru2S2+. The van der Waals surface area contributed by atoms with Crippen LogP contribution in [0.1, 0.15) is 157 Å². The molecule has 0 aliphatic rings. The number of hydrogen-bond donors (Lipinski definition) is 1. The first-order valence-electron chi connectivity index (χ1n) is 44.7. The maximum atomic E-state index is 9.77. The number of rotatable bonds is 32. The van der Waals surface area contributed by atoms with Gasteiger partial charge in [-0.15, -0.1) is 0 Å². The van der Waals surface area contributed by atoms with Gasteiger partial charge in [-0.25, -0.2) is 0 Å². The maximum Gasteiger partial charge on any atom is 2.00 e. The molecule has 8 aromatic heterocycles. The second-order valence-electron chi connectivity index (χ2n) is 32.0. The van der Waals surface area contributed by atoms with E-state index in [1.165, 1.54) is 146 Å². The number of hydrogen-bond acceptors (Lipinski definition) is 24. The number of allylic oxidation sites excluding steroid dienone is 4. The number of likely N-dealkylation sites (N-methyl/N-ethyl adjacent to an activating group) is 1. The third-order valence-corrected chi connectivity index (χ3v) is 20.8. The zero-order valence-electron chi connectivity index (χ0n) is 83.1. The zero-order valence-corrected chi connectivity index (χ0v) is 88.2. The number of anilines is 6. The molecule has 0 saturated carbocycles. The normalized spacial score (nSPS) is 10.2. The van der Waals surface area contributed by atoms with Gasteiger partial charge in [0, 0.05) is 144 Å². The van der Waals surface area contributed by atoms with Gasteiger partial charge < -0.3 is 45.3 Å². The summed E-state index contributed by atoms with van der Waals surface area (Å²) in [5.74, 6) is -0.787. The summed E-state index contributed by atoms with van der Waals surface area (Å²) in [7, 11) is 20.0. The molecule has 0 aliphatic heterocycles. The van der Waals surface area contributed by atoms with Gasteiger partial charge in [0.25, 0.3) is 0 Å². The van der Waals surface area contributed by atoms with E-state index in [9.17, 15) is 4.79 Å². The molecule has 0 atom stereocenters. The molecule has 1 radical (unpaired) electrons. The van der Waals surface area contributed by atoms with Crippen molar-refractivity contribution in [1.29, 1.82) is 0 Å². The maximum absolute atomic E-state index is 9.77. The van der Waals surface area contributed by atoms with Gasteiger partial charge in [-0.05, 0) is 292 Å². The minimum Gasteiger partial charge on any atom is -0.753 e. The van der Waals surface area contributed by atoms with Crippen molar-refractivity contribution in [3.05, 3.63) is 311 Å². The Kier molecular flexibility index (Phi) is 63.6. The standard InChI is InChI=1S/C46H62N4.C34H40N6.C11H10N2.C10H8N2.C4H9NO2.2CNS.3CO2.2Ru/c1-9-13-29-49(30-14-10-2)43-21-17-39(18-22-43)35(5)37(7)41-25-27-47-45(33-41)46-34-42(26-28-48-46)38(8)36(6)40-19-23-44(24-20-40)50(31-15-11-3)32-16-12-4;1-37(2)31-15-13-25(23-33(31)39(5)6)9-11-27-17-19-35-29(21-27)30-22-28(18-20-36-30)12-10-26-14-16-32(38(3)4)34(24-26)40(7)8;1-9-5-7-13-11(8-9)10-4-2-3-6-12-10;1-3-7-11-9(5-1)10-6-2-4-8-12-10;1-5(2)3-4(6)7;5*2-1-3;;/h17-28,33-34H,9-16,29-32H2,1-8H3;9-24H,1-8H3;2-8H,1H3;1-8H;3H2,1-2H3,(H,6,7);;;;;;;/q;;;;;2*-1;;;;+1;+2/b37-35+,38-36+;11-9+,12-10+;;;;;;;;;;. The fraction of sp³-hybridized carbons (Fsp3) is 0.291. The van der Waals surface area contributed by atoms with Crippen molar-refractivity contribution in [2.24, 2.45) is 0 Å². The first kappa shape index (κ1) is 123. The largest absolute Gasteiger partial charge is 2.00 e. The number of nitrogens with zero attached hydrogens (tertiary/aromatic N) is 17. The third-order valence-electron chi connectivity index (χ3n) is 20.8. The summed E-state index contributed by atoms with van der Waals surface area (Å²) < 4.78 is 0. The summed E-state index contributed by atoms with van der Waals surface area (Å²) in [5, 5.41) is 25.0. The van der Waals surface area contributed by atoms with Gasteiger partial charge >= 0.3 is 63.4 Å². The minimum absolute atomic E-state index is 0. The molecule has 25 nitrogen and oxygen atoms in total. The second-order valence-corrected chi connectivity index (χ2v) is 32.3. The molecule has 12 rings (SSSR count). The number of pyridine rings is 8. The number of thiocarbonyl (C=S) groups is 2. The Balaban J connectivity index is 0.000000947. The van der Waals surface area contributed by atoms with Crippen LogP contribution in [0.2, 0.25) is 0 Å².